The van der Waals surface area contributed by atoms with Crippen LogP contribution < -0.4 is 16.8 Å². The van der Waals surface area contributed by atoms with Crippen LogP contribution in [0.4, 0.5) is 5.82 Å². The lowest BCUT2D eigenvalue weighted by atomic mass is 10.2. The first-order chi connectivity index (χ1) is 10.2. The highest BCUT2D eigenvalue weighted by atomic mass is 35.5. The maximum Gasteiger partial charge on any atom is 0.258 e. The number of rotatable bonds is 3. The van der Waals surface area contributed by atoms with Crippen LogP contribution in [-0.4, -0.2) is 9.55 Å². The van der Waals surface area contributed by atoms with E-state index in [-0.39, 0.29) is 12.1 Å². The third kappa shape index (κ3) is 2.61. The molecule has 0 bridgehead atoms. The standard InChI is InChI=1S/C15H13ClN4O/c16-12-5-6-14(19-17)18-13(12)9-20-8-7-10-3-1-2-4-11(10)15(20)21/h1-8H,9,17H2,(H,18,19). The summed E-state index contributed by atoms with van der Waals surface area (Å²) in [4.78, 5) is 16.7. The summed E-state index contributed by atoms with van der Waals surface area (Å²) in [5.74, 6) is 5.85. The Bertz CT molecular complexity index is 860. The van der Waals surface area contributed by atoms with E-state index in [0.717, 1.165) is 5.39 Å². The molecule has 0 saturated carbocycles. The Labute approximate surface area is 126 Å². The van der Waals surface area contributed by atoms with Crippen molar-refractivity contribution in [2.75, 3.05) is 5.43 Å². The molecule has 3 rings (SSSR count). The van der Waals surface area contributed by atoms with Crippen LogP contribution in [-0.2, 0) is 6.54 Å². The van der Waals surface area contributed by atoms with Gasteiger partial charge in [0.15, 0.2) is 0 Å². The van der Waals surface area contributed by atoms with Crippen LogP contribution in [0.15, 0.2) is 53.5 Å². The summed E-state index contributed by atoms with van der Waals surface area (Å²) in [5.41, 5.74) is 2.98. The zero-order valence-corrected chi connectivity index (χ0v) is 11.8. The molecule has 6 heteroatoms. The van der Waals surface area contributed by atoms with Gasteiger partial charge >= 0.3 is 0 Å². The van der Waals surface area contributed by atoms with E-state index in [1.54, 1.807) is 29.0 Å². The number of nitrogen functional groups attached to an aromatic ring is 1. The molecular weight excluding hydrogens is 288 g/mol. The SMILES string of the molecule is NNc1ccc(Cl)c(Cn2ccc3ccccc3c2=O)n1. The number of nitrogens with one attached hydrogen (secondary N) is 1. The average Bonchev–Trinajstić information content (AvgIpc) is 2.52. The van der Waals surface area contributed by atoms with Crippen molar-refractivity contribution in [1.29, 1.82) is 0 Å². The normalized spacial score (nSPS) is 10.8. The Kier molecular flexibility index (Phi) is 3.60. The van der Waals surface area contributed by atoms with Crippen molar-refractivity contribution >= 4 is 28.2 Å². The fourth-order valence-corrected chi connectivity index (χ4v) is 2.36. The van der Waals surface area contributed by atoms with Crippen molar-refractivity contribution in [3.05, 3.63) is 69.7 Å². The van der Waals surface area contributed by atoms with Crippen molar-refractivity contribution in [2.24, 2.45) is 5.84 Å². The van der Waals surface area contributed by atoms with Gasteiger partial charge in [0.05, 0.1) is 17.3 Å². The number of nitrogens with zero attached hydrogens (tertiary/aromatic N) is 2. The Morgan fingerprint density at radius 1 is 1.19 bits per heavy atom. The number of aromatic nitrogens is 2. The van der Waals surface area contributed by atoms with Crippen molar-refractivity contribution in [3.8, 4) is 0 Å². The van der Waals surface area contributed by atoms with Crippen LogP contribution in [0.5, 0.6) is 0 Å². The van der Waals surface area contributed by atoms with E-state index in [1.807, 2.05) is 24.3 Å². The predicted molar refractivity (Wildman–Crippen MR) is 84.4 cm³/mol. The van der Waals surface area contributed by atoms with Gasteiger partial charge in [0, 0.05) is 11.6 Å². The van der Waals surface area contributed by atoms with E-state index < -0.39 is 0 Å². The molecule has 0 fully saturated rings. The highest BCUT2D eigenvalue weighted by Crippen LogP contribution is 2.17. The summed E-state index contributed by atoms with van der Waals surface area (Å²) in [7, 11) is 0. The molecule has 0 spiro atoms. The first-order valence-corrected chi connectivity index (χ1v) is 6.77. The van der Waals surface area contributed by atoms with Crippen LogP contribution in [0, 0.1) is 0 Å². The molecular formula is C15H13ClN4O. The van der Waals surface area contributed by atoms with Crippen LogP contribution in [0.3, 0.4) is 0 Å². The van der Waals surface area contributed by atoms with Gasteiger partial charge in [-0.1, -0.05) is 29.8 Å². The minimum atomic E-state index is -0.0722. The molecule has 106 valence electrons. The van der Waals surface area contributed by atoms with Crippen molar-refractivity contribution in [1.82, 2.24) is 9.55 Å². The predicted octanol–water partition coefficient (Wildman–Crippen LogP) is 2.38. The molecule has 0 saturated heterocycles. The number of anilines is 1. The van der Waals surface area contributed by atoms with Gasteiger partial charge in [0.2, 0.25) is 0 Å². The number of nitrogens with two attached hydrogens (primary N) is 1. The molecule has 0 unspecified atom stereocenters. The highest BCUT2D eigenvalue weighted by molar-refractivity contribution is 6.31. The van der Waals surface area contributed by atoms with Crippen molar-refractivity contribution < 1.29 is 0 Å². The van der Waals surface area contributed by atoms with Gasteiger partial charge in [0.25, 0.3) is 5.56 Å². The maximum absolute atomic E-state index is 12.5. The van der Waals surface area contributed by atoms with E-state index >= 15 is 0 Å². The van der Waals surface area contributed by atoms with Crippen LogP contribution in [0.25, 0.3) is 10.8 Å². The lowest BCUT2D eigenvalue weighted by Crippen LogP contribution is -2.21. The molecule has 0 aliphatic carbocycles. The van der Waals surface area contributed by atoms with Gasteiger partial charge in [-0.15, -0.1) is 0 Å². The van der Waals surface area contributed by atoms with Gasteiger partial charge in [-0.2, -0.15) is 0 Å². The van der Waals surface area contributed by atoms with E-state index in [4.69, 9.17) is 17.4 Å². The zero-order valence-electron chi connectivity index (χ0n) is 11.1. The van der Waals surface area contributed by atoms with Gasteiger partial charge in [0.1, 0.15) is 5.82 Å². The fourth-order valence-electron chi connectivity index (χ4n) is 2.19. The summed E-state index contributed by atoms with van der Waals surface area (Å²) in [6.45, 7) is 0.290. The van der Waals surface area contributed by atoms with E-state index in [9.17, 15) is 4.79 Å². The monoisotopic (exact) mass is 300 g/mol. The van der Waals surface area contributed by atoms with E-state index in [1.165, 1.54) is 0 Å². The Balaban J connectivity index is 2.06. The molecule has 1 aromatic carbocycles. The van der Waals surface area contributed by atoms with Crippen molar-refractivity contribution in [3.63, 3.8) is 0 Å². The van der Waals surface area contributed by atoms with Gasteiger partial charge in [-0.3, -0.25) is 4.79 Å². The number of halogens is 1. The molecule has 0 amide bonds. The Hall–Kier alpha value is -2.37. The average molecular weight is 301 g/mol. The molecule has 3 aromatic rings. The number of hydrogen-bond acceptors (Lipinski definition) is 4. The number of pyridine rings is 2. The third-order valence-electron chi connectivity index (χ3n) is 3.27. The number of hydrogen-bond donors (Lipinski definition) is 2. The van der Waals surface area contributed by atoms with Gasteiger partial charge in [-0.05, 0) is 29.7 Å². The zero-order chi connectivity index (χ0) is 14.8. The Morgan fingerprint density at radius 2 is 2.00 bits per heavy atom. The molecule has 2 heterocycles. The summed E-state index contributed by atoms with van der Waals surface area (Å²) in [6, 6.07) is 12.7. The van der Waals surface area contributed by atoms with E-state index in [2.05, 4.69) is 10.4 Å². The van der Waals surface area contributed by atoms with Crippen LogP contribution in [0.1, 0.15) is 5.69 Å². The number of benzene rings is 1. The van der Waals surface area contributed by atoms with Crippen LogP contribution >= 0.6 is 11.6 Å². The van der Waals surface area contributed by atoms with Crippen molar-refractivity contribution in [2.45, 2.75) is 6.54 Å². The van der Waals surface area contributed by atoms with Crippen LogP contribution in [0.2, 0.25) is 5.02 Å². The fraction of sp³-hybridized carbons (Fsp3) is 0.0667. The Morgan fingerprint density at radius 3 is 2.81 bits per heavy atom. The first kappa shape index (κ1) is 13.6. The van der Waals surface area contributed by atoms with Gasteiger partial charge < -0.3 is 9.99 Å². The summed E-state index contributed by atoms with van der Waals surface area (Å²) in [5, 5.41) is 2.08. The van der Waals surface area contributed by atoms with E-state index in [0.29, 0.717) is 21.9 Å². The number of hydrazine groups is 1. The second-order valence-electron chi connectivity index (χ2n) is 4.61. The lowest BCUT2D eigenvalue weighted by Gasteiger charge is -2.09. The second kappa shape index (κ2) is 5.55. The minimum absolute atomic E-state index is 0.0722. The molecule has 5 nitrogen and oxygen atoms in total. The molecule has 0 radical (unpaired) electrons. The first-order valence-electron chi connectivity index (χ1n) is 6.39. The lowest BCUT2D eigenvalue weighted by molar-refractivity contribution is 0.748. The molecule has 0 aliphatic rings. The maximum atomic E-state index is 12.5. The molecule has 0 aliphatic heterocycles. The smallest absolute Gasteiger partial charge is 0.258 e. The molecule has 0 atom stereocenters. The highest BCUT2D eigenvalue weighted by Gasteiger charge is 2.07. The summed E-state index contributed by atoms with van der Waals surface area (Å²) >= 11 is 6.13. The quantitative estimate of drug-likeness (QED) is 0.575. The molecule has 21 heavy (non-hydrogen) atoms. The topological polar surface area (TPSA) is 72.9 Å². The summed E-state index contributed by atoms with van der Waals surface area (Å²) in [6.07, 6.45) is 1.74. The second-order valence-corrected chi connectivity index (χ2v) is 5.01. The molecule has 3 N–H and O–H groups in total. The summed E-state index contributed by atoms with van der Waals surface area (Å²) < 4.78 is 1.58. The largest absolute Gasteiger partial charge is 0.309 e. The third-order valence-corrected chi connectivity index (χ3v) is 3.62. The van der Waals surface area contributed by atoms with Gasteiger partial charge in [-0.25, -0.2) is 10.8 Å². The number of fused-ring (bicyclic) bond motifs is 1. The minimum Gasteiger partial charge on any atom is -0.309 e. The molecule has 2 aromatic heterocycles.